The molecule has 5 heteroatoms. The van der Waals surface area contributed by atoms with Gasteiger partial charge in [-0.25, -0.2) is 8.78 Å². The van der Waals surface area contributed by atoms with Gasteiger partial charge in [0, 0.05) is 20.1 Å². The van der Waals surface area contributed by atoms with E-state index in [9.17, 15) is 8.78 Å². The van der Waals surface area contributed by atoms with Crippen molar-refractivity contribution in [1.82, 2.24) is 0 Å². The summed E-state index contributed by atoms with van der Waals surface area (Å²) in [5.74, 6) is -1.82. The van der Waals surface area contributed by atoms with E-state index in [4.69, 9.17) is 15.2 Å². The fourth-order valence-corrected chi connectivity index (χ4v) is 1.37. The number of hydrogen-bond acceptors (Lipinski definition) is 3. The SMILES string of the molecule is COC(C)(C)CCOc1c(F)cc(CN)cc1F. The van der Waals surface area contributed by atoms with Crippen molar-refractivity contribution >= 4 is 0 Å². The summed E-state index contributed by atoms with van der Waals surface area (Å²) < 4.78 is 37.4. The van der Waals surface area contributed by atoms with Gasteiger partial charge in [0.05, 0.1) is 12.2 Å². The van der Waals surface area contributed by atoms with Crippen molar-refractivity contribution in [3.8, 4) is 5.75 Å². The molecule has 18 heavy (non-hydrogen) atoms. The topological polar surface area (TPSA) is 44.5 Å². The summed E-state index contributed by atoms with van der Waals surface area (Å²) in [6.45, 7) is 4.02. The molecular weight excluding hydrogens is 240 g/mol. The maximum absolute atomic E-state index is 13.5. The van der Waals surface area contributed by atoms with Crippen LogP contribution in [0.4, 0.5) is 8.78 Å². The monoisotopic (exact) mass is 259 g/mol. The van der Waals surface area contributed by atoms with Gasteiger partial charge < -0.3 is 15.2 Å². The van der Waals surface area contributed by atoms with Crippen molar-refractivity contribution < 1.29 is 18.3 Å². The molecule has 0 amide bonds. The Kier molecular flexibility index (Phi) is 5.04. The van der Waals surface area contributed by atoms with E-state index in [2.05, 4.69) is 0 Å². The molecule has 0 aliphatic heterocycles. The molecule has 0 saturated heterocycles. The highest BCUT2D eigenvalue weighted by atomic mass is 19.1. The number of nitrogens with two attached hydrogens (primary N) is 1. The van der Waals surface area contributed by atoms with Crippen LogP contribution in [0.15, 0.2) is 12.1 Å². The van der Waals surface area contributed by atoms with Gasteiger partial charge in [0.15, 0.2) is 17.4 Å². The van der Waals surface area contributed by atoms with Crippen molar-refractivity contribution in [2.75, 3.05) is 13.7 Å². The summed E-state index contributed by atoms with van der Waals surface area (Å²) in [4.78, 5) is 0. The highest BCUT2D eigenvalue weighted by molar-refractivity contribution is 5.31. The summed E-state index contributed by atoms with van der Waals surface area (Å²) >= 11 is 0. The molecule has 0 heterocycles. The van der Waals surface area contributed by atoms with Crippen LogP contribution in [0.3, 0.4) is 0 Å². The number of benzene rings is 1. The molecule has 0 radical (unpaired) electrons. The Morgan fingerprint density at radius 1 is 1.22 bits per heavy atom. The van der Waals surface area contributed by atoms with Crippen LogP contribution in [0.25, 0.3) is 0 Å². The van der Waals surface area contributed by atoms with Crippen LogP contribution in [0.2, 0.25) is 0 Å². The Labute approximate surface area is 106 Å². The third kappa shape index (κ3) is 3.92. The normalized spacial score (nSPS) is 11.7. The number of hydrogen-bond donors (Lipinski definition) is 1. The predicted octanol–water partition coefficient (Wildman–Crippen LogP) is 2.62. The summed E-state index contributed by atoms with van der Waals surface area (Å²) in [5, 5.41) is 0. The molecule has 0 unspecified atom stereocenters. The molecule has 1 aromatic rings. The molecule has 1 rings (SSSR count). The zero-order chi connectivity index (χ0) is 13.8. The molecule has 0 bridgehead atoms. The lowest BCUT2D eigenvalue weighted by Gasteiger charge is -2.22. The lowest BCUT2D eigenvalue weighted by molar-refractivity contribution is 0.00478. The van der Waals surface area contributed by atoms with Crippen molar-refractivity contribution in [1.29, 1.82) is 0 Å². The molecular formula is C13H19F2NO2. The standard InChI is InChI=1S/C13H19F2NO2/c1-13(2,17-3)4-5-18-12-10(14)6-9(8-16)7-11(12)15/h6-7H,4-5,8,16H2,1-3H3. The quantitative estimate of drug-likeness (QED) is 0.854. The molecule has 102 valence electrons. The summed E-state index contributed by atoms with van der Waals surface area (Å²) in [6, 6.07) is 2.36. The van der Waals surface area contributed by atoms with E-state index >= 15 is 0 Å². The van der Waals surface area contributed by atoms with Crippen LogP contribution in [0, 0.1) is 11.6 Å². The average molecular weight is 259 g/mol. The lowest BCUT2D eigenvalue weighted by Crippen LogP contribution is -2.25. The van der Waals surface area contributed by atoms with Gasteiger partial charge in [-0.1, -0.05) is 0 Å². The van der Waals surface area contributed by atoms with Gasteiger partial charge >= 0.3 is 0 Å². The van der Waals surface area contributed by atoms with Crippen LogP contribution in [0.1, 0.15) is 25.8 Å². The summed E-state index contributed by atoms with van der Waals surface area (Å²) in [5.41, 5.74) is 5.34. The second-order valence-electron chi connectivity index (χ2n) is 4.65. The third-order valence-electron chi connectivity index (χ3n) is 2.80. The summed E-state index contributed by atoms with van der Waals surface area (Å²) in [6.07, 6.45) is 0.529. The van der Waals surface area contributed by atoms with Crippen molar-refractivity contribution in [2.24, 2.45) is 5.73 Å². The minimum absolute atomic E-state index is 0.0881. The smallest absolute Gasteiger partial charge is 0.190 e. The molecule has 0 fully saturated rings. The van der Waals surface area contributed by atoms with Gasteiger partial charge in [0.1, 0.15) is 0 Å². The van der Waals surface area contributed by atoms with Crippen LogP contribution in [0.5, 0.6) is 5.75 Å². The Balaban J connectivity index is 2.68. The molecule has 1 aromatic carbocycles. The first-order chi connectivity index (χ1) is 8.39. The van der Waals surface area contributed by atoms with Crippen molar-refractivity contribution in [2.45, 2.75) is 32.4 Å². The fourth-order valence-electron chi connectivity index (χ4n) is 1.37. The van der Waals surface area contributed by atoms with Crippen LogP contribution >= 0.6 is 0 Å². The van der Waals surface area contributed by atoms with E-state index in [1.165, 1.54) is 12.1 Å². The van der Waals surface area contributed by atoms with Crippen LogP contribution in [-0.4, -0.2) is 19.3 Å². The summed E-state index contributed by atoms with van der Waals surface area (Å²) in [7, 11) is 1.58. The predicted molar refractivity (Wildman–Crippen MR) is 65.4 cm³/mol. The minimum atomic E-state index is -0.731. The number of rotatable bonds is 6. The highest BCUT2D eigenvalue weighted by Gasteiger charge is 2.18. The van der Waals surface area contributed by atoms with Gasteiger partial charge in [-0.3, -0.25) is 0 Å². The van der Waals surface area contributed by atoms with E-state index in [1.807, 2.05) is 13.8 Å². The van der Waals surface area contributed by atoms with E-state index in [0.29, 0.717) is 12.0 Å². The van der Waals surface area contributed by atoms with Crippen LogP contribution in [-0.2, 0) is 11.3 Å². The van der Waals surface area contributed by atoms with Gasteiger partial charge in [-0.05, 0) is 31.5 Å². The number of methoxy groups -OCH3 is 1. The first kappa shape index (κ1) is 14.9. The molecule has 0 atom stereocenters. The first-order valence-electron chi connectivity index (χ1n) is 5.75. The Morgan fingerprint density at radius 3 is 2.22 bits per heavy atom. The van der Waals surface area contributed by atoms with E-state index in [0.717, 1.165) is 0 Å². The largest absolute Gasteiger partial charge is 0.487 e. The van der Waals surface area contributed by atoms with Gasteiger partial charge in [-0.15, -0.1) is 0 Å². The number of ether oxygens (including phenoxy) is 2. The molecule has 0 saturated carbocycles. The Hall–Kier alpha value is -1.20. The maximum atomic E-state index is 13.5. The molecule has 0 aliphatic rings. The Bertz CT molecular complexity index is 385. The third-order valence-corrected chi connectivity index (χ3v) is 2.80. The number of halogens is 2. The highest BCUT2D eigenvalue weighted by Crippen LogP contribution is 2.24. The van der Waals surface area contributed by atoms with E-state index in [-0.39, 0.29) is 24.5 Å². The molecule has 0 aliphatic carbocycles. The zero-order valence-corrected chi connectivity index (χ0v) is 10.9. The fraction of sp³-hybridized carbons (Fsp3) is 0.538. The van der Waals surface area contributed by atoms with Gasteiger partial charge in [-0.2, -0.15) is 0 Å². The minimum Gasteiger partial charge on any atom is -0.487 e. The molecule has 0 spiro atoms. The zero-order valence-electron chi connectivity index (χ0n) is 10.9. The lowest BCUT2D eigenvalue weighted by atomic mass is 10.1. The second kappa shape index (κ2) is 6.11. The first-order valence-corrected chi connectivity index (χ1v) is 5.75. The average Bonchev–Trinajstić information content (AvgIpc) is 2.32. The van der Waals surface area contributed by atoms with Crippen LogP contribution < -0.4 is 10.5 Å². The molecule has 3 nitrogen and oxygen atoms in total. The van der Waals surface area contributed by atoms with E-state index < -0.39 is 11.6 Å². The van der Waals surface area contributed by atoms with Gasteiger partial charge in [0.2, 0.25) is 0 Å². The van der Waals surface area contributed by atoms with Gasteiger partial charge in [0.25, 0.3) is 0 Å². The van der Waals surface area contributed by atoms with Crippen molar-refractivity contribution in [3.63, 3.8) is 0 Å². The molecule has 2 N–H and O–H groups in total. The van der Waals surface area contributed by atoms with E-state index in [1.54, 1.807) is 7.11 Å². The second-order valence-corrected chi connectivity index (χ2v) is 4.65. The maximum Gasteiger partial charge on any atom is 0.190 e. The Morgan fingerprint density at radius 2 is 1.78 bits per heavy atom. The molecule has 0 aromatic heterocycles. The van der Waals surface area contributed by atoms with Crippen molar-refractivity contribution in [3.05, 3.63) is 29.3 Å².